The zero-order chi connectivity index (χ0) is 14.0. The molecule has 104 valence electrons. The van der Waals surface area contributed by atoms with Gasteiger partial charge in [-0.05, 0) is 65.1 Å². The molecular weight excluding hydrogens is 218 g/mol. The second-order valence-corrected chi connectivity index (χ2v) is 5.39. The fraction of sp³-hybridized carbons (Fsp3) is 0.647. The van der Waals surface area contributed by atoms with E-state index in [1.165, 1.54) is 37.9 Å². The summed E-state index contributed by atoms with van der Waals surface area (Å²) in [7, 11) is 2.21. The van der Waals surface area contributed by atoms with Gasteiger partial charge in [-0.3, -0.25) is 0 Å². The van der Waals surface area contributed by atoms with Crippen LogP contribution in [0.3, 0.4) is 0 Å². The first-order valence-electron chi connectivity index (χ1n) is 7.15. The van der Waals surface area contributed by atoms with E-state index in [4.69, 9.17) is 0 Å². The molecule has 0 saturated heterocycles. The lowest BCUT2D eigenvalue weighted by Gasteiger charge is -2.20. The molecule has 0 radical (unpaired) electrons. The highest BCUT2D eigenvalue weighted by molar-refractivity contribution is 5.11. The van der Waals surface area contributed by atoms with Gasteiger partial charge in [0.25, 0.3) is 0 Å². The molecule has 0 aromatic carbocycles. The van der Waals surface area contributed by atoms with Crippen molar-refractivity contribution >= 4 is 0 Å². The molecule has 0 aliphatic rings. The first-order valence-corrected chi connectivity index (χ1v) is 7.15. The van der Waals surface area contributed by atoms with E-state index in [2.05, 4.69) is 45.5 Å². The van der Waals surface area contributed by atoms with Crippen molar-refractivity contribution in [2.45, 2.75) is 46.0 Å². The molecule has 18 heavy (non-hydrogen) atoms. The summed E-state index contributed by atoms with van der Waals surface area (Å²) in [6.07, 6.45) is 7.82. The topological polar surface area (TPSA) is 3.24 Å². The number of rotatable bonds is 11. The molecule has 0 aromatic rings. The number of allylic oxidation sites excluding steroid dienone is 3. The predicted octanol–water partition coefficient (Wildman–Crippen LogP) is 4.82. The van der Waals surface area contributed by atoms with Crippen molar-refractivity contribution in [1.29, 1.82) is 0 Å². The van der Waals surface area contributed by atoms with Crippen LogP contribution in [0.2, 0.25) is 0 Å². The number of nitrogens with zero attached hydrogens (tertiary/aromatic N) is 1. The third kappa shape index (κ3) is 8.30. The first kappa shape index (κ1) is 17.2. The van der Waals surface area contributed by atoms with Crippen LogP contribution in [0.25, 0.3) is 0 Å². The molecule has 0 saturated carbocycles. The predicted molar refractivity (Wildman–Crippen MR) is 83.9 cm³/mol. The van der Waals surface area contributed by atoms with Crippen LogP contribution in [0.4, 0.5) is 0 Å². The summed E-state index contributed by atoms with van der Waals surface area (Å²) in [5.74, 6) is 0.636. The minimum atomic E-state index is 0.636. The third-order valence-corrected chi connectivity index (χ3v) is 3.50. The summed E-state index contributed by atoms with van der Waals surface area (Å²) in [6, 6.07) is 0. The monoisotopic (exact) mass is 249 g/mol. The number of hydrogen-bond acceptors (Lipinski definition) is 1. The SMILES string of the molecule is C=CC(=C)CCC(CCCN(C)CCC)C(=C)C. The molecule has 0 N–H and O–H groups in total. The highest BCUT2D eigenvalue weighted by Gasteiger charge is 2.10. The summed E-state index contributed by atoms with van der Waals surface area (Å²) in [6.45, 7) is 18.6. The maximum absolute atomic E-state index is 4.12. The normalized spacial score (nSPS) is 12.4. The van der Waals surface area contributed by atoms with Crippen LogP contribution in [0.15, 0.2) is 37.0 Å². The zero-order valence-electron chi connectivity index (χ0n) is 12.7. The summed E-state index contributed by atoms with van der Waals surface area (Å²) in [5, 5.41) is 0. The van der Waals surface area contributed by atoms with Crippen LogP contribution in [0.1, 0.15) is 46.0 Å². The van der Waals surface area contributed by atoms with E-state index in [9.17, 15) is 0 Å². The quantitative estimate of drug-likeness (QED) is 0.375. The second kappa shape index (κ2) is 10.1. The van der Waals surface area contributed by atoms with Gasteiger partial charge in [-0.1, -0.05) is 43.9 Å². The molecule has 1 heteroatoms. The fourth-order valence-electron chi connectivity index (χ4n) is 2.20. The van der Waals surface area contributed by atoms with Crippen LogP contribution in [0.5, 0.6) is 0 Å². The molecule has 0 aliphatic carbocycles. The van der Waals surface area contributed by atoms with Gasteiger partial charge >= 0.3 is 0 Å². The maximum atomic E-state index is 4.12. The molecular formula is C17H31N. The minimum Gasteiger partial charge on any atom is -0.306 e. The molecule has 0 aliphatic heterocycles. The largest absolute Gasteiger partial charge is 0.306 e. The standard InChI is InChI=1S/C17H31N/c1-7-13-18(6)14-9-10-17(15(3)4)12-11-16(5)8-2/h8,17H,2-3,5,7,9-14H2,1,4,6H3. The van der Waals surface area contributed by atoms with Crippen LogP contribution in [-0.4, -0.2) is 25.0 Å². The molecule has 0 fully saturated rings. The third-order valence-electron chi connectivity index (χ3n) is 3.50. The Morgan fingerprint density at radius 2 is 1.89 bits per heavy atom. The summed E-state index contributed by atoms with van der Waals surface area (Å²) >= 11 is 0. The molecule has 0 aromatic heterocycles. The lowest BCUT2D eigenvalue weighted by Crippen LogP contribution is -2.21. The van der Waals surface area contributed by atoms with Crippen molar-refractivity contribution in [2.75, 3.05) is 20.1 Å². The summed E-state index contributed by atoms with van der Waals surface area (Å²) in [5.41, 5.74) is 2.45. The van der Waals surface area contributed by atoms with Gasteiger partial charge < -0.3 is 4.90 Å². The molecule has 0 spiro atoms. The van der Waals surface area contributed by atoms with Gasteiger partial charge in [0.05, 0.1) is 0 Å². The van der Waals surface area contributed by atoms with Crippen LogP contribution < -0.4 is 0 Å². The molecule has 1 atom stereocenters. The van der Waals surface area contributed by atoms with Gasteiger partial charge in [0, 0.05) is 0 Å². The minimum absolute atomic E-state index is 0.636. The Morgan fingerprint density at radius 1 is 1.22 bits per heavy atom. The Kier molecular flexibility index (Phi) is 9.67. The molecule has 0 rings (SSSR count). The van der Waals surface area contributed by atoms with Gasteiger partial charge in [-0.25, -0.2) is 0 Å². The van der Waals surface area contributed by atoms with E-state index in [0.29, 0.717) is 5.92 Å². The van der Waals surface area contributed by atoms with E-state index in [1.54, 1.807) is 0 Å². The van der Waals surface area contributed by atoms with E-state index >= 15 is 0 Å². The van der Waals surface area contributed by atoms with E-state index in [1.807, 2.05) is 6.08 Å². The smallest absolute Gasteiger partial charge is 0.00216 e. The van der Waals surface area contributed by atoms with Crippen LogP contribution in [0, 0.1) is 5.92 Å². The molecule has 0 bridgehead atoms. The maximum Gasteiger partial charge on any atom is -0.00216 e. The Hall–Kier alpha value is -0.820. The fourth-order valence-corrected chi connectivity index (χ4v) is 2.20. The van der Waals surface area contributed by atoms with E-state index in [0.717, 1.165) is 18.4 Å². The van der Waals surface area contributed by atoms with Gasteiger partial charge in [-0.2, -0.15) is 0 Å². The van der Waals surface area contributed by atoms with Crippen LogP contribution in [-0.2, 0) is 0 Å². The van der Waals surface area contributed by atoms with Crippen molar-refractivity contribution < 1.29 is 0 Å². The lowest BCUT2D eigenvalue weighted by molar-refractivity contribution is 0.316. The Labute approximate surface area is 114 Å². The van der Waals surface area contributed by atoms with Crippen molar-refractivity contribution in [3.63, 3.8) is 0 Å². The number of hydrogen-bond donors (Lipinski definition) is 0. The molecule has 0 amide bonds. The lowest BCUT2D eigenvalue weighted by atomic mass is 9.90. The van der Waals surface area contributed by atoms with E-state index in [-0.39, 0.29) is 0 Å². The van der Waals surface area contributed by atoms with Gasteiger partial charge in [0.1, 0.15) is 0 Å². The van der Waals surface area contributed by atoms with Crippen molar-refractivity contribution in [2.24, 2.45) is 5.92 Å². The summed E-state index contributed by atoms with van der Waals surface area (Å²) in [4.78, 5) is 2.41. The van der Waals surface area contributed by atoms with E-state index < -0.39 is 0 Å². The van der Waals surface area contributed by atoms with Crippen molar-refractivity contribution in [3.8, 4) is 0 Å². The highest BCUT2D eigenvalue weighted by atomic mass is 15.1. The van der Waals surface area contributed by atoms with Gasteiger partial charge in [0.15, 0.2) is 0 Å². The van der Waals surface area contributed by atoms with Gasteiger partial charge in [0.2, 0.25) is 0 Å². The summed E-state index contributed by atoms with van der Waals surface area (Å²) < 4.78 is 0. The average molecular weight is 249 g/mol. The Balaban J connectivity index is 3.94. The van der Waals surface area contributed by atoms with Gasteiger partial charge in [-0.15, -0.1) is 0 Å². The molecule has 1 nitrogen and oxygen atoms in total. The Morgan fingerprint density at radius 3 is 2.39 bits per heavy atom. The molecule has 0 heterocycles. The Bertz CT molecular complexity index is 265. The van der Waals surface area contributed by atoms with Crippen molar-refractivity contribution in [3.05, 3.63) is 37.0 Å². The van der Waals surface area contributed by atoms with Crippen molar-refractivity contribution in [1.82, 2.24) is 4.90 Å². The van der Waals surface area contributed by atoms with Crippen LogP contribution >= 0.6 is 0 Å². The molecule has 1 unspecified atom stereocenters. The first-order chi connectivity index (χ1) is 8.51. The highest BCUT2D eigenvalue weighted by Crippen LogP contribution is 2.23. The second-order valence-electron chi connectivity index (χ2n) is 5.39. The average Bonchev–Trinajstić information content (AvgIpc) is 2.32. The zero-order valence-corrected chi connectivity index (χ0v) is 12.7.